The van der Waals surface area contributed by atoms with Crippen LogP contribution in [0.3, 0.4) is 0 Å². The van der Waals surface area contributed by atoms with E-state index in [2.05, 4.69) is 20.6 Å². The molecule has 0 bridgehead atoms. The minimum atomic E-state index is -2.61. The van der Waals surface area contributed by atoms with E-state index in [0.29, 0.717) is 41.1 Å². The zero-order valence-corrected chi connectivity index (χ0v) is 21.4. The van der Waals surface area contributed by atoms with Crippen LogP contribution in [0, 0.1) is 0 Å². The Kier molecular flexibility index (Phi) is 7.06. The highest BCUT2D eigenvalue weighted by atomic mass is 35.5. The Bertz CT molecular complexity index is 1310. The molecular weight excluding hydrogens is 525 g/mol. The molecule has 3 heterocycles. The lowest BCUT2D eigenvalue weighted by molar-refractivity contribution is -0.0220. The molecule has 1 aromatic heterocycles. The van der Waals surface area contributed by atoms with E-state index in [-0.39, 0.29) is 42.9 Å². The number of para-hydroxylation sites is 1. The van der Waals surface area contributed by atoms with Crippen molar-refractivity contribution >= 4 is 52.1 Å². The van der Waals surface area contributed by atoms with Crippen molar-refractivity contribution in [3.63, 3.8) is 0 Å². The Balaban J connectivity index is 1.35. The second-order valence-electron chi connectivity index (χ2n) is 8.83. The van der Waals surface area contributed by atoms with Crippen LogP contribution in [0.15, 0.2) is 42.6 Å². The zero-order valence-electron chi connectivity index (χ0n) is 19.9. The van der Waals surface area contributed by atoms with Gasteiger partial charge in [-0.25, -0.2) is 13.8 Å². The lowest BCUT2D eigenvalue weighted by Gasteiger charge is -2.34. The van der Waals surface area contributed by atoms with Gasteiger partial charge in [-0.2, -0.15) is 4.98 Å². The highest BCUT2D eigenvalue weighted by Gasteiger charge is 2.35. The van der Waals surface area contributed by atoms with E-state index < -0.39 is 5.92 Å². The van der Waals surface area contributed by atoms with E-state index >= 15 is 0 Å². The number of hydrogen-bond donors (Lipinski definition) is 2. The van der Waals surface area contributed by atoms with Gasteiger partial charge >= 0.3 is 0 Å². The molecule has 12 heteroatoms. The second kappa shape index (κ2) is 10.3. The summed E-state index contributed by atoms with van der Waals surface area (Å²) < 4.78 is 33.0. The maximum absolute atomic E-state index is 13.6. The number of carbonyl (C=O) groups is 1. The van der Waals surface area contributed by atoms with E-state index in [4.69, 9.17) is 27.9 Å². The first-order valence-electron chi connectivity index (χ1n) is 11.7. The summed E-state index contributed by atoms with van der Waals surface area (Å²) in [5, 5.41) is 6.91. The number of nitrogens with one attached hydrogen (secondary N) is 2. The molecule has 0 aliphatic carbocycles. The molecule has 2 aromatic carbocycles. The Morgan fingerprint density at radius 3 is 2.57 bits per heavy atom. The zero-order chi connectivity index (χ0) is 26.2. The van der Waals surface area contributed by atoms with Gasteiger partial charge in [0, 0.05) is 50.0 Å². The predicted octanol–water partition coefficient (Wildman–Crippen LogP) is 5.48. The lowest BCUT2D eigenvalue weighted by Crippen LogP contribution is -2.40. The Labute approximate surface area is 222 Å². The number of carbonyl (C=O) groups excluding carboxylic acids is 1. The first kappa shape index (κ1) is 25.4. The number of alkyl halides is 2. The molecule has 8 nitrogen and oxygen atoms in total. The molecule has 2 aliphatic rings. The van der Waals surface area contributed by atoms with Crippen molar-refractivity contribution in [1.29, 1.82) is 0 Å². The highest BCUT2D eigenvalue weighted by molar-refractivity contribution is 6.40. The van der Waals surface area contributed by atoms with Crippen molar-refractivity contribution in [2.75, 3.05) is 42.0 Å². The third kappa shape index (κ3) is 5.27. The van der Waals surface area contributed by atoms with Crippen LogP contribution >= 0.6 is 23.2 Å². The number of ether oxygens (including phenoxy) is 1. The Morgan fingerprint density at radius 2 is 1.86 bits per heavy atom. The van der Waals surface area contributed by atoms with Gasteiger partial charge in [-0.3, -0.25) is 9.69 Å². The maximum atomic E-state index is 13.6. The summed E-state index contributed by atoms with van der Waals surface area (Å²) in [6, 6.07) is 10.7. The minimum Gasteiger partial charge on any atom is -0.455 e. The highest BCUT2D eigenvalue weighted by Crippen LogP contribution is 2.37. The number of nitrogens with zero attached hydrogens (tertiary/aromatic N) is 4. The molecule has 3 aromatic rings. The fraction of sp³-hybridized carbons (Fsp3) is 0.320. The van der Waals surface area contributed by atoms with Crippen LogP contribution in [0.5, 0.6) is 5.88 Å². The van der Waals surface area contributed by atoms with E-state index in [1.165, 1.54) is 11.1 Å². The van der Waals surface area contributed by atoms with Crippen LogP contribution in [0.2, 0.25) is 10.0 Å². The summed E-state index contributed by atoms with van der Waals surface area (Å²) in [4.78, 5) is 25.1. The molecule has 1 amide bonds. The van der Waals surface area contributed by atoms with Crippen LogP contribution < -0.4 is 25.2 Å². The fourth-order valence-electron chi connectivity index (χ4n) is 4.43. The summed E-state index contributed by atoms with van der Waals surface area (Å²) in [5.41, 5.74) is 3.12. The molecule has 2 N–H and O–H groups in total. The van der Waals surface area contributed by atoms with Gasteiger partial charge in [0.05, 0.1) is 15.7 Å². The second-order valence-corrected chi connectivity index (χ2v) is 9.65. The predicted molar refractivity (Wildman–Crippen MR) is 140 cm³/mol. The number of halogens is 4. The molecule has 0 saturated carbocycles. The number of hydrogen-bond acceptors (Lipinski definition) is 7. The van der Waals surface area contributed by atoms with Crippen molar-refractivity contribution in [2.24, 2.45) is 0 Å². The molecule has 0 radical (unpaired) electrons. The Morgan fingerprint density at radius 1 is 1.14 bits per heavy atom. The fourth-order valence-corrected chi connectivity index (χ4v) is 5.03. The molecule has 37 heavy (non-hydrogen) atoms. The van der Waals surface area contributed by atoms with Gasteiger partial charge in [0.2, 0.25) is 11.8 Å². The lowest BCUT2D eigenvalue weighted by atomic mass is 10.0. The number of benzene rings is 2. The van der Waals surface area contributed by atoms with Gasteiger partial charge in [0.15, 0.2) is 6.73 Å². The molecule has 5 rings (SSSR count). The molecule has 2 aliphatic heterocycles. The summed E-state index contributed by atoms with van der Waals surface area (Å²) in [7, 11) is 1.83. The Hall–Kier alpha value is -3.21. The smallest absolute Gasteiger partial charge is 0.268 e. The van der Waals surface area contributed by atoms with Crippen molar-refractivity contribution in [3.8, 4) is 5.88 Å². The first-order chi connectivity index (χ1) is 17.8. The number of anilines is 4. The van der Waals surface area contributed by atoms with Crippen LogP contribution in [0.25, 0.3) is 0 Å². The number of piperidine rings is 1. The van der Waals surface area contributed by atoms with Crippen LogP contribution in [0.1, 0.15) is 28.8 Å². The average molecular weight is 549 g/mol. The van der Waals surface area contributed by atoms with Gasteiger partial charge < -0.3 is 20.3 Å². The summed E-state index contributed by atoms with van der Waals surface area (Å²) in [6.45, 7) is 1.04. The van der Waals surface area contributed by atoms with E-state index in [9.17, 15) is 13.6 Å². The molecular formula is C25H24Cl2F2N6O2. The van der Waals surface area contributed by atoms with Gasteiger partial charge in [0.1, 0.15) is 5.56 Å². The van der Waals surface area contributed by atoms with Crippen molar-refractivity contribution in [3.05, 3.63) is 63.8 Å². The molecule has 0 spiro atoms. The normalized spacial score (nSPS) is 16.8. The average Bonchev–Trinajstić information content (AvgIpc) is 2.86. The number of rotatable bonds is 6. The van der Waals surface area contributed by atoms with Gasteiger partial charge in [0.25, 0.3) is 11.8 Å². The molecule has 0 unspecified atom stereocenters. The van der Waals surface area contributed by atoms with E-state index in [1.54, 1.807) is 18.2 Å². The third-order valence-electron chi connectivity index (χ3n) is 6.31. The van der Waals surface area contributed by atoms with E-state index in [1.807, 2.05) is 30.1 Å². The van der Waals surface area contributed by atoms with Crippen molar-refractivity contribution < 1.29 is 18.3 Å². The standard InChI is InChI=1S/C25H24Cl2F2N6O2/c1-30-12-15-11-16(5-6-20(15)34-9-7-25(28,29)8-10-34)32-24-31-13-17-22(33-24)37-14-35(23(17)36)21-18(26)3-2-4-19(21)27/h2-6,11,13,30H,7-10,12,14H2,1H3,(H,31,32,33). The topological polar surface area (TPSA) is 82.6 Å². The number of fused-ring (bicyclic) bond motifs is 1. The SMILES string of the molecule is CNCc1cc(Nc2ncc3c(n2)OCN(c2c(Cl)cccc2Cl)C3=O)ccc1N1CCC(F)(F)CC1. The summed E-state index contributed by atoms with van der Waals surface area (Å²) >= 11 is 12.5. The van der Waals surface area contributed by atoms with Gasteiger partial charge in [-0.05, 0) is 42.9 Å². The van der Waals surface area contributed by atoms with Crippen LogP contribution in [0.4, 0.5) is 31.8 Å². The van der Waals surface area contributed by atoms with Crippen LogP contribution in [-0.2, 0) is 6.54 Å². The molecule has 0 atom stereocenters. The number of amides is 1. The summed E-state index contributed by atoms with van der Waals surface area (Å²) in [6.07, 6.45) is 1.07. The largest absolute Gasteiger partial charge is 0.455 e. The molecule has 1 saturated heterocycles. The quantitative estimate of drug-likeness (QED) is 0.422. The first-order valence-corrected chi connectivity index (χ1v) is 12.4. The monoisotopic (exact) mass is 548 g/mol. The number of aromatic nitrogens is 2. The van der Waals surface area contributed by atoms with Crippen molar-refractivity contribution in [2.45, 2.75) is 25.3 Å². The maximum Gasteiger partial charge on any atom is 0.268 e. The van der Waals surface area contributed by atoms with Gasteiger partial charge in [-0.15, -0.1) is 0 Å². The molecule has 194 valence electrons. The van der Waals surface area contributed by atoms with Crippen molar-refractivity contribution in [1.82, 2.24) is 15.3 Å². The third-order valence-corrected chi connectivity index (χ3v) is 6.92. The summed E-state index contributed by atoms with van der Waals surface area (Å²) in [5.74, 6) is -2.60. The minimum absolute atomic E-state index is 0.109. The van der Waals surface area contributed by atoms with Crippen LogP contribution in [-0.4, -0.2) is 48.7 Å². The molecule has 1 fully saturated rings. The van der Waals surface area contributed by atoms with Gasteiger partial charge in [-0.1, -0.05) is 29.3 Å². The van der Waals surface area contributed by atoms with E-state index in [0.717, 1.165) is 11.3 Å².